The van der Waals surface area contributed by atoms with Crippen LogP contribution < -0.4 is 11.3 Å². The van der Waals surface area contributed by atoms with Crippen molar-refractivity contribution >= 4 is 11.6 Å². The van der Waals surface area contributed by atoms with Crippen LogP contribution in [-0.4, -0.2) is 6.18 Å². The zero-order valence-electron chi connectivity index (χ0n) is 11.0. The third-order valence-electron chi connectivity index (χ3n) is 4.06. The summed E-state index contributed by atoms with van der Waals surface area (Å²) in [6.07, 6.45) is -2.07. The highest BCUT2D eigenvalue weighted by molar-refractivity contribution is 6.30. The van der Waals surface area contributed by atoms with Crippen LogP contribution >= 0.6 is 11.6 Å². The molecular weight excluding hydrogens is 289 g/mol. The Morgan fingerprint density at radius 1 is 1.25 bits per heavy atom. The molecule has 3 unspecified atom stereocenters. The molecule has 3 N–H and O–H groups in total. The maximum absolute atomic E-state index is 13.2. The molecule has 3 atom stereocenters. The second kappa shape index (κ2) is 6.33. The Morgan fingerprint density at radius 2 is 1.95 bits per heavy atom. The van der Waals surface area contributed by atoms with Gasteiger partial charge in [-0.05, 0) is 36.5 Å². The summed E-state index contributed by atoms with van der Waals surface area (Å²) in [7, 11) is 0. The number of nitrogens with one attached hydrogen (secondary N) is 1. The molecule has 1 aliphatic carbocycles. The molecule has 0 aliphatic heterocycles. The van der Waals surface area contributed by atoms with Crippen LogP contribution in [-0.2, 0) is 0 Å². The number of hydrogen-bond acceptors (Lipinski definition) is 2. The zero-order chi connectivity index (χ0) is 14.8. The van der Waals surface area contributed by atoms with Gasteiger partial charge in [0, 0.05) is 11.1 Å². The molecule has 6 heteroatoms. The third-order valence-corrected chi connectivity index (χ3v) is 4.29. The van der Waals surface area contributed by atoms with E-state index in [4.69, 9.17) is 17.4 Å². The summed E-state index contributed by atoms with van der Waals surface area (Å²) in [5.74, 6) is 3.67. The molecule has 0 bridgehead atoms. The van der Waals surface area contributed by atoms with Gasteiger partial charge in [-0.3, -0.25) is 11.3 Å². The Bertz CT molecular complexity index is 450. The van der Waals surface area contributed by atoms with Crippen LogP contribution in [0.25, 0.3) is 0 Å². The van der Waals surface area contributed by atoms with Gasteiger partial charge in [-0.25, -0.2) is 0 Å². The fraction of sp³-hybridized carbons (Fsp3) is 0.571. The van der Waals surface area contributed by atoms with Gasteiger partial charge in [0.25, 0.3) is 0 Å². The van der Waals surface area contributed by atoms with Gasteiger partial charge in [-0.2, -0.15) is 13.2 Å². The Morgan fingerprint density at radius 3 is 2.55 bits per heavy atom. The number of benzene rings is 1. The quantitative estimate of drug-likeness (QED) is 0.648. The van der Waals surface area contributed by atoms with Crippen molar-refractivity contribution in [3.8, 4) is 0 Å². The molecule has 0 spiro atoms. The third kappa shape index (κ3) is 3.45. The van der Waals surface area contributed by atoms with Gasteiger partial charge in [-0.1, -0.05) is 36.6 Å². The molecular formula is C14H18ClF3N2. The fourth-order valence-corrected chi connectivity index (χ4v) is 3.33. The molecule has 1 fully saturated rings. The summed E-state index contributed by atoms with van der Waals surface area (Å²) in [6, 6.07) is 6.33. The second-order valence-corrected chi connectivity index (χ2v) is 5.73. The highest BCUT2D eigenvalue weighted by Crippen LogP contribution is 2.46. The standard InChI is InChI=1S/C14H18ClF3N2/c15-10-5-3-4-9(8-10)13(20-19)11-6-1-2-7-12(11)14(16,17)18/h3-5,8,11-13,20H,1-2,6-7,19H2. The largest absolute Gasteiger partial charge is 0.392 e. The summed E-state index contributed by atoms with van der Waals surface area (Å²) < 4.78 is 39.6. The lowest BCUT2D eigenvalue weighted by Crippen LogP contribution is -2.42. The number of nitrogens with two attached hydrogens (primary N) is 1. The Kier molecular flexibility index (Phi) is 4.94. The molecule has 2 rings (SSSR count). The van der Waals surface area contributed by atoms with Crippen LogP contribution in [0.5, 0.6) is 0 Å². The van der Waals surface area contributed by atoms with E-state index in [1.54, 1.807) is 24.3 Å². The SMILES string of the molecule is NNC(c1cccc(Cl)c1)C1CCCCC1C(F)(F)F. The maximum atomic E-state index is 13.2. The molecule has 1 saturated carbocycles. The van der Waals surface area contributed by atoms with Crippen molar-refractivity contribution in [2.45, 2.75) is 37.9 Å². The number of hydrogen-bond donors (Lipinski definition) is 2. The van der Waals surface area contributed by atoms with Crippen molar-refractivity contribution in [2.75, 3.05) is 0 Å². The monoisotopic (exact) mass is 306 g/mol. The Labute approximate surface area is 121 Å². The summed E-state index contributed by atoms with van der Waals surface area (Å²) in [4.78, 5) is 0. The molecule has 0 radical (unpaired) electrons. The molecule has 0 heterocycles. The highest BCUT2D eigenvalue weighted by atomic mass is 35.5. The first-order chi connectivity index (χ1) is 9.43. The van der Waals surface area contributed by atoms with E-state index in [0.717, 1.165) is 6.42 Å². The second-order valence-electron chi connectivity index (χ2n) is 5.30. The smallest absolute Gasteiger partial charge is 0.271 e. The molecule has 1 aliphatic rings. The minimum Gasteiger partial charge on any atom is -0.271 e. The van der Waals surface area contributed by atoms with Gasteiger partial charge in [0.2, 0.25) is 0 Å². The molecule has 20 heavy (non-hydrogen) atoms. The van der Waals surface area contributed by atoms with Gasteiger partial charge in [-0.15, -0.1) is 0 Å². The average Bonchev–Trinajstić information content (AvgIpc) is 2.39. The molecule has 0 saturated heterocycles. The van der Waals surface area contributed by atoms with Crippen molar-refractivity contribution in [2.24, 2.45) is 17.7 Å². The van der Waals surface area contributed by atoms with E-state index in [1.807, 2.05) is 0 Å². The number of alkyl halides is 3. The first-order valence-corrected chi connectivity index (χ1v) is 7.09. The predicted octanol–water partition coefficient (Wildman–Crippen LogP) is 4.21. The summed E-state index contributed by atoms with van der Waals surface area (Å²) in [6.45, 7) is 0. The van der Waals surface area contributed by atoms with E-state index < -0.39 is 24.1 Å². The highest BCUT2D eigenvalue weighted by Gasteiger charge is 2.47. The van der Waals surface area contributed by atoms with Gasteiger partial charge in [0.15, 0.2) is 0 Å². The zero-order valence-corrected chi connectivity index (χ0v) is 11.7. The van der Waals surface area contributed by atoms with Gasteiger partial charge in [0.1, 0.15) is 0 Å². The minimum atomic E-state index is -4.18. The van der Waals surface area contributed by atoms with Crippen LogP contribution in [0.2, 0.25) is 5.02 Å². The van der Waals surface area contributed by atoms with Crippen LogP contribution in [0.3, 0.4) is 0 Å². The maximum Gasteiger partial charge on any atom is 0.392 e. The van der Waals surface area contributed by atoms with Gasteiger partial charge < -0.3 is 0 Å². The van der Waals surface area contributed by atoms with E-state index in [2.05, 4.69) is 5.43 Å². The lowest BCUT2D eigenvalue weighted by Gasteiger charge is -2.38. The lowest BCUT2D eigenvalue weighted by atomic mass is 9.73. The van der Waals surface area contributed by atoms with Crippen LogP contribution in [0, 0.1) is 11.8 Å². The number of hydrazine groups is 1. The Balaban J connectivity index is 2.29. The first kappa shape index (κ1) is 15.6. The van der Waals surface area contributed by atoms with E-state index in [9.17, 15) is 13.2 Å². The first-order valence-electron chi connectivity index (χ1n) is 6.72. The molecule has 112 valence electrons. The topological polar surface area (TPSA) is 38.0 Å². The van der Waals surface area contributed by atoms with Crippen molar-refractivity contribution < 1.29 is 13.2 Å². The molecule has 2 nitrogen and oxygen atoms in total. The van der Waals surface area contributed by atoms with E-state index in [1.165, 1.54) is 0 Å². The number of halogens is 4. The van der Waals surface area contributed by atoms with Gasteiger partial charge >= 0.3 is 6.18 Å². The van der Waals surface area contributed by atoms with Crippen molar-refractivity contribution in [3.63, 3.8) is 0 Å². The molecule has 0 aromatic heterocycles. The van der Waals surface area contributed by atoms with Gasteiger partial charge in [0.05, 0.1) is 5.92 Å². The van der Waals surface area contributed by atoms with E-state index in [0.29, 0.717) is 23.4 Å². The summed E-state index contributed by atoms with van der Waals surface area (Å²) in [5.41, 5.74) is 3.27. The molecule has 0 amide bonds. The minimum absolute atomic E-state index is 0.174. The molecule has 1 aromatic carbocycles. The molecule has 1 aromatic rings. The van der Waals surface area contributed by atoms with Crippen LogP contribution in [0.15, 0.2) is 24.3 Å². The van der Waals surface area contributed by atoms with E-state index >= 15 is 0 Å². The average molecular weight is 307 g/mol. The van der Waals surface area contributed by atoms with Crippen molar-refractivity contribution in [1.82, 2.24) is 5.43 Å². The Hall–Kier alpha value is -0.780. The number of rotatable bonds is 3. The van der Waals surface area contributed by atoms with Crippen molar-refractivity contribution in [3.05, 3.63) is 34.9 Å². The van der Waals surface area contributed by atoms with Crippen molar-refractivity contribution in [1.29, 1.82) is 0 Å². The normalized spacial score (nSPS) is 25.4. The van der Waals surface area contributed by atoms with Crippen LogP contribution in [0.4, 0.5) is 13.2 Å². The van der Waals surface area contributed by atoms with Crippen LogP contribution in [0.1, 0.15) is 37.3 Å². The predicted molar refractivity (Wildman–Crippen MR) is 73.0 cm³/mol. The lowest BCUT2D eigenvalue weighted by molar-refractivity contribution is -0.199. The van der Waals surface area contributed by atoms with E-state index in [-0.39, 0.29) is 6.42 Å². The fourth-order valence-electron chi connectivity index (χ4n) is 3.13. The summed E-state index contributed by atoms with van der Waals surface area (Å²) in [5, 5.41) is 0.502. The summed E-state index contributed by atoms with van der Waals surface area (Å²) >= 11 is 5.92.